The summed E-state index contributed by atoms with van der Waals surface area (Å²) in [5, 5.41) is 9.17. The highest BCUT2D eigenvalue weighted by atomic mass is 16.5. The Hall–Kier alpha value is -1.20. The van der Waals surface area contributed by atoms with Crippen molar-refractivity contribution >= 4 is 5.82 Å². The minimum atomic E-state index is 0.144. The normalized spacial score (nSPS) is 18.8. The number of anilines is 1. The molecule has 0 aliphatic carbocycles. The van der Waals surface area contributed by atoms with Gasteiger partial charge in [0.05, 0.1) is 18.9 Å². The number of aryl methyl sites for hydroxylation is 1. The number of hydrogen-bond donors (Lipinski definition) is 1. The van der Waals surface area contributed by atoms with Gasteiger partial charge in [0.2, 0.25) is 0 Å². The van der Waals surface area contributed by atoms with Gasteiger partial charge in [0.25, 0.3) is 0 Å². The predicted molar refractivity (Wildman–Crippen MR) is 74.5 cm³/mol. The Morgan fingerprint density at radius 1 is 1.42 bits per heavy atom. The minimum Gasteiger partial charge on any atom is -0.395 e. The maximum Gasteiger partial charge on any atom is 0.132 e. The SMILES string of the molecule is CCCN(CCO)c1cc([C@H]2CCOC2)nc(C)n1. The van der Waals surface area contributed by atoms with E-state index in [1.54, 1.807) is 0 Å². The summed E-state index contributed by atoms with van der Waals surface area (Å²) in [4.78, 5) is 11.2. The van der Waals surface area contributed by atoms with Crippen LogP contribution in [-0.4, -0.2) is 48.0 Å². The van der Waals surface area contributed by atoms with Crippen LogP contribution in [0.2, 0.25) is 0 Å². The Morgan fingerprint density at radius 2 is 2.26 bits per heavy atom. The second kappa shape index (κ2) is 6.82. The zero-order valence-electron chi connectivity index (χ0n) is 11.8. The molecular weight excluding hydrogens is 242 g/mol. The molecule has 1 aliphatic heterocycles. The summed E-state index contributed by atoms with van der Waals surface area (Å²) in [6, 6.07) is 2.05. The van der Waals surface area contributed by atoms with Crippen molar-refractivity contribution in [2.24, 2.45) is 0 Å². The monoisotopic (exact) mass is 265 g/mol. The van der Waals surface area contributed by atoms with Crippen LogP contribution in [0.25, 0.3) is 0 Å². The molecule has 0 radical (unpaired) electrons. The molecule has 0 unspecified atom stereocenters. The molecule has 0 amide bonds. The highest BCUT2D eigenvalue weighted by Gasteiger charge is 2.21. The molecule has 2 heterocycles. The largest absolute Gasteiger partial charge is 0.395 e. The standard InChI is InChI=1S/C14H23N3O2/c1-3-5-17(6-7-18)14-9-13(15-11(2)16-14)12-4-8-19-10-12/h9,12,18H,3-8,10H2,1-2H3/t12-/m0/s1. The van der Waals surface area contributed by atoms with Crippen LogP contribution >= 0.6 is 0 Å². The molecule has 1 fully saturated rings. The molecule has 1 saturated heterocycles. The van der Waals surface area contributed by atoms with E-state index in [1.165, 1.54) is 0 Å². The lowest BCUT2D eigenvalue weighted by Crippen LogP contribution is -2.29. The summed E-state index contributed by atoms with van der Waals surface area (Å²) >= 11 is 0. The molecule has 1 aliphatic rings. The molecule has 5 heteroatoms. The van der Waals surface area contributed by atoms with Crippen LogP contribution in [0.4, 0.5) is 5.82 Å². The van der Waals surface area contributed by atoms with E-state index < -0.39 is 0 Å². The summed E-state index contributed by atoms with van der Waals surface area (Å²) in [7, 11) is 0. The van der Waals surface area contributed by atoms with E-state index in [9.17, 15) is 0 Å². The topological polar surface area (TPSA) is 58.5 Å². The lowest BCUT2D eigenvalue weighted by atomic mass is 10.0. The van der Waals surface area contributed by atoms with Gasteiger partial charge in [0.1, 0.15) is 11.6 Å². The number of ether oxygens (including phenoxy) is 1. The third-order valence-electron chi connectivity index (χ3n) is 3.38. The molecule has 19 heavy (non-hydrogen) atoms. The van der Waals surface area contributed by atoms with Crippen LogP contribution in [0, 0.1) is 6.92 Å². The molecule has 0 saturated carbocycles. The number of aliphatic hydroxyl groups excluding tert-OH is 1. The van der Waals surface area contributed by atoms with E-state index in [1.807, 2.05) is 6.92 Å². The number of nitrogens with zero attached hydrogens (tertiary/aromatic N) is 3. The fourth-order valence-corrected chi connectivity index (χ4v) is 2.44. The van der Waals surface area contributed by atoms with Gasteiger partial charge in [-0.15, -0.1) is 0 Å². The fraction of sp³-hybridized carbons (Fsp3) is 0.714. The summed E-state index contributed by atoms with van der Waals surface area (Å²) in [5.74, 6) is 2.10. The van der Waals surface area contributed by atoms with Crippen molar-refractivity contribution in [3.05, 3.63) is 17.6 Å². The highest BCUT2D eigenvalue weighted by Crippen LogP contribution is 2.26. The van der Waals surface area contributed by atoms with Gasteiger partial charge in [0.15, 0.2) is 0 Å². The third kappa shape index (κ3) is 3.64. The summed E-state index contributed by atoms with van der Waals surface area (Å²) in [6.07, 6.45) is 2.06. The first kappa shape index (κ1) is 14.2. The molecule has 1 aromatic rings. The van der Waals surface area contributed by atoms with Crippen molar-refractivity contribution < 1.29 is 9.84 Å². The smallest absolute Gasteiger partial charge is 0.132 e. The Kier molecular flexibility index (Phi) is 5.10. The van der Waals surface area contributed by atoms with Crippen LogP contribution in [0.5, 0.6) is 0 Å². The van der Waals surface area contributed by atoms with E-state index in [-0.39, 0.29) is 6.61 Å². The Balaban J connectivity index is 2.23. The fourth-order valence-electron chi connectivity index (χ4n) is 2.44. The van der Waals surface area contributed by atoms with Crippen molar-refractivity contribution in [3.8, 4) is 0 Å². The van der Waals surface area contributed by atoms with Crippen LogP contribution < -0.4 is 4.90 Å². The van der Waals surface area contributed by atoms with Crippen LogP contribution in [0.15, 0.2) is 6.07 Å². The first-order chi connectivity index (χ1) is 9.24. The zero-order valence-corrected chi connectivity index (χ0v) is 11.8. The second-order valence-electron chi connectivity index (χ2n) is 4.97. The van der Waals surface area contributed by atoms with Crippen molar-refractivity contribution in [3.63, 3.8) is 0 Å². The highest BCUT2D eigenvalue weighted by molar-refractivity contribution is 5.40. The third-order valence-corrected chi connectivity index (χ3v) is 3.38. The second-order valence-corrected chi connectivity index (χ2v) is 4.97. The van der Waals surface area contributed by atoms with Gasteiger partial charge < -0.3 is 14.7 Å². The van der Waals surface area contributed by atoms with E-state index in [0.717, 1.165) is 49.9 Å². The number of aliphatic hydroxyl groups is 1. The molecule has 0 aromatic carbocycles. The van der Waals surface area contributed by atoms with Gasteiger partial charge >= 0.3 is 0 Å². The van der Waals surface area contributed by atoms with E-state index in [4.69, 9.17) is 9.84 Å². The van der Waals surface area contributed by atoms with Gasteiger partial charge in [-0.2, -0.15) is 0 Å². The van der Waals surface area contributed by atoms with E-state index >= 15 is 0 Å². The van der Waals surface area contributed by atoms with Crippen LogP contribution in [0.3, 0.4) is 0 Å². The lowest BCUT2D eigenvalue weighted by molar-refractivity contribution is 0.193. The molecule has 2 rings (SSSR count). The molecule has 106 valence electrons. The van der Waals surface area contributed by atoms with Crippen molar-refractivity contribution in [2.45, 2.75) is 32.6 Å². The van der Waals surface area contributed by atoms with Crippen molar-refractivity contribution in [2.75, 3.05) is 37.8 Å². The quantitative estimate of drug-likeness (QED) is 0.844. The van der Waals surface area contributed by atoms with Gasteiger partial charge in [-0.3, -0.25) is 0 Å². The zero-order chi connectivity index (χ0) is 13.7. The van der Waals surface area contributed by atoms with Crippen molar-refractivity contribution in [1.29, 1.82) is 0 Å². The summed E-state index contributed by atoms with van der Waals surface area (Å²) in [6.45, 7) is 7.28. The molecule has 1 atom stereocenters. The molecular formula is C14H23N3O2. The predicted octanol–water partition coefficient (Wildman–Crippen LogP) is 1.50. The Labute approximate surface area is 114 Å². The molecule has 0 spiro atoms. The molecule has 5 nitrogen and oxygen atoms in total. The van der Waals surface area contributed by atoms with E-state index in [0.29, 0.717) is 12.5 Å². The molecule has 1 aromatic heterocycles. The average Bonchev–Trinajstić information content (AvgIpc) is 2.91. The summed E-state index contributed by atoms with van der Waals surface area (Å²) < 4.78 is 5.43. The summed E-state index contributed by atoms with van der Waals surface area (Å²) in [5.41, 5.74) is 1.07. The Bertz CT molecular complexity index is 400. The van der Waals surface area contributed by atoms with Crippen LogP contribution in [-0.2, 0) is 4.74 Å². The first-order valence-corrected chi connectivity index (χ1v) is 7.03. The minimum absolute atomic E-state index is 0.144. The number of hydrogen-bond acceptors (Lipinski definition) is 5. The van der Waals surface area contributed by atoms with E-state index in [2.05, 4.69) is 27.9 Å². The average molecular weight is 265 g/mol. The maximum atomic E-state index is 9.17. The van der Waals surface area contributed by atoms with Crippen LogP contribution in [0.1, 0.15) is 37.2 Å². The van der Waals surface area contributed by atoms with Gasteiger partial charge in [0, 0.05) is 31.7 Å². The molecule has 0 bridgehead atoms. The van der Waals surface area contributed by atoms with Gasteiger partial charge in [-0.1, -0.05) is 6.92 Å². The lowest BCUT2D eigenvalue weighted by Gasteiger charge is -2.23. The Morgan fingerprint density at radius 3 is 2.89 bits per heavy atom. The van der Waals surface area contributed by atoms with Gasteiger partial charge in [-0.25, -0.2) is 9.97 Å². The van der Waals surface area contributed by atoms with Crippen molar-refractivity contribution in [1.82, 2.24) is 9.97 Å². The number of aromatic nitrogens is 2. The van der Waals surface area contributed by atoms with Gasteiger partial charge in [-0.05, 0) is 19.8 Å². The maximum absolute atomic E-state index is 9.17. The number of rotatable bonds is 6. The first-order valence-electron chi connectivity index (χ1n) is 7.03. The molecule has 1 N–H and O–H groups in total.